The van der Waals surface area contributed by atoms with E-state index in [1.807, 2.05) is 0 Å². The Hall–Kier alpha value is -2.30. The molecular formula is C16H20F3N3O4S. The summed E-state index contributed by atoms with van der Waals surface area (Å²) in [6.07, 6.45) is -4.48. The minimum Gasteiger partial charge on any atom is -0.376 e. The van der Waals surface area contributed by atoms with Gasteiger partial charge >= 0.3 is 6.18 Å². The number of anilines is 1. The normalized spacial score (nSPS) is 17.9. The molecule has 150 valence electrons. The molecule has 0 aromatic heterocycles. The SMILES string of the molecule is CC(NC(=O)CNc1cccc(C(F)(F)F)c1)C(=O)N1CCS(=O)(=O)CC1. The van der Waals surface area contributed by atoms with Crippen LogP contribution in [0.3, 0.4) is 0 Å². The third-order valence-corrected chi connectivity index (χ3v) is 5.66. The lowest BCUT2D eigenvalue weighted by Crippen LogP contribution is -2.52. The van der Waals surface area contributed by atoms with E-state index in [1.54, 1.807) is 0 Å². The fourth-order valence-corrected chi connectivity index (χ4v) is 3.75. The number of sulfone groups is 1. The second kappa shape index (κ2) is 8.15. The van der Waals surface area contributed by atoms with E-state index in [-0.39, 0.29) is 36.8 Å². The van der Waals surface area contributed by atoms with Crippen LogP contribution in [0.2, 0.25) is 0 Å². The molecule has 7 nitrogen and oxygen atoms in total. The van der Waals surface area contributed by atoms with Crippen LogP contribution in [-0.2, 0) is 25.6 Å². The number of halogens is 3. The standard InChI is InChI=1S/C16H20F3N3O4S/c1-11(15(24)22-5-7-27(25,26)8-6-22)21-14(23)10-20-13-4-2-3-12(9-13)16(17,18)19/h2-4,9,11,20H,5-8,10H2,1H3,(H,21,23). The number of rotatable bonds is 5. The Kier molecular flexibility index (Phi) is 6.34. The predicted molar refractivity (Wildman–Crippen MR) is 92.8 cm³/mol. The van der Waals surface area contributed by atoms with Gasteiger partial charge in [-0.25, -0.2) is 8.42 Å². The maximum Gasteiger partial charge on any atom is 0.416 e. The van der Waals surface area contributed by atoms with Crippen molar-refractivity contribution in [3.05, 3.63) is 29.8 Å². The fraction of sp³-hybridized carbons (Fsp3) is 0.500. The van der Waals surface area contributed by atoms with E-state index in [2.05, 4.69) is 10.6 Å². The molecule has 0 bridgehead atoms. The minimum absolute atomic E-state index is 0.0733. The van der Waals surface area contributed by atoms with Gasteiger partial charge in [0, 0.05) is 18.8 Å². The molecule has 1 aliphatic rings. The highest BCUT2D eigenvalue weighted by Crippen LogP contribution is 2.30. The molecule has 1 fully saturated rings. The lowest BCUT2D eigenvalue weighted by molar-refractivity contribution is -0.137. The van der Waals surface area contributed by atoms with Crippen molar-refractivity contribution in [2.75, 3.05) is 36.5 Å². The van der Waals surface area contributed by atoms with Crippen molar-refractivity contribution in [1.29, 1.82) is 0 Å². The van der Waals surface area contributed by atoms with Crippen LogP contribution in [0.15, 0.2) is 24.3 Å². The Morgan fingerprint density at radius 3 is 2.44 bits per heavy atom. The van der Waals surface area contributed by atoms with Gasteiger partial charge in [0.25, 0.3) is 0 Å². The number of amides is 2. The number of alkyl halides is 3. The van der Waals surface area contributed by atoms with Crippen molar-refractivity contribution in [2.45, 2.75) is 19.1 Å². The highest BCUT2D eigenvalue weighted by molar-refractivity contribution is 7.91. The average molecular weight is 407 g/mol. The molecular weight excluding hydrogens is 387 g/mol. The quantitative estimate of drug-likeness (QED) is 0.756. The van der Waals surface area contributed by atoms with E-state index in [1.165, 1.54) is 24.0 Å². The van der Waals surface area contributed by atoms with Crippen LogP contribution in [-0.4, -0.2) is 62.3 Å². The summed E-state index contributed by atoms with van der Waals surface area (Å²) in [6.45, 7) is 1.30. The monoisotopic (exact) mass is 407 g/mol. The van der Waals surface area contributed by atoms with Crippen molar-refractivity contribution in [3.63, 3.8) is 0 Å². The molecule has 27 heavy (non-hydrogen) atoms. The molecule has 1 aliphatic heterocycles. The van der Waals surface area contributed by atoms with Gasteiger partial charge in [0.15, 0.2) is 9.84 Å². The Morgan fingerprint density at radius 2 is 1.85 bits per heavy atom. The smallest absolute Gasteiger partial charge is 0.376 e. The van der Waals surface area contributed by atoms with Crippen molar-refractivity contribution < 1.29 is 31.2 Å². The Bertz CT molecular complexity index is 797. The first kappa shape index (κ1) is 21.0. The van der Waals surface area contributed by atoms with Crippen molar-refractivity contribution >= 4 is 27.3 Å². The number of carbonyl (C=O) groups is 2. The summed E-state index contributed by atoms with van der Waals surface area (Å²) in [6, 6.07) is 3.55. The van der Waals surface area contributed by atoms with Crippen LogP contribution in [0, 0.1) is 0 Å². The summed E-state index contributed by atoms with van der Waals surface area (Å²) in [7, 11) is -3.12. The van der Waals surface area contributed by atoms with Gasteiger partial charge in [-0.05, 0) is 25.1 Å². The van der Waals surface area contributed by atoms with Gasteiger partial charge in [0.2, 0.25) is 11.8 Å². The maximum atomic E-state index is 12.7. The molecule has 2 amide bonds. The molecule has 2 N–H and O–H groups in total. The highest BCUT2D eigenvalue weighted by atomic mass is 32.2. The maximum absolute atomic E-state index is 12.7. The van der Waals surface area contributed by atoms with E-state index in [0.29, 0.717) is 0 Å². The molecule has 1 saturated heterocycles. The largest absolute Gasteiger partial charge is 0.416 e. The molecule has 1 atom stereocenters. The molecule has 1 unspecified atom stereocenters. The van der Waals surface area contributed by atoms with Crippen molar-refractivity contribution in [1.82, 2.24) is 10.2 Å². The summed E-state index contributed by atoms with van der Waals surface area (Å²) >= 11 is 0. The number of carbonyl (C=O) groups excluding carboxylic acids is 2. The van der Waals surface area contributed by atoms with Gasteiger partial charge in [-0.15, -0.1) is 0 Å². The second-order valence-corrected chi connectivity index (χ2v) is 8.50. The predicted octanol–water partition coefficient (Wildman–Crippen LogP) is 0.879. The molecule has 0 spiro atoms. The van der Waals surface area contributed by atoms with Gasteiger partial charge in [0.1, 0.15) is 6.04 Å². The third-order valence-electron chi connectivity index (χ3n) is 4.05. The molecule has 1 aromatic rings. The van der Waals surface area contributed by atoms with Gasteiger partial charge in [-0.2, -0.15) is 13.2 Å². The van der Waals surface area contributed by atoms with Crippen LogP contribution in [0.1, 0.15) is 12.5 Å². The zero-order chi connectivity index (χ0) is 20.2. The van der Waals surface area contributed by atoms with E-state index in [9.17, 15) is 31.2 Å². The first-order valence-electron chi connectivity index (χ1n) is 8.18. The lowest BCUT2D eigenvalue weighted by atomic mass is 10.2. The van der Waals surface area contributed by atoms with E-state index >= 15 is 0 Å². The topological polar surface area (TPSA) is 95.6 Å². The van der Waals surface area contributed by atoms with E-state index in [4.69, 9.17) is 0 Å². The minimum atomic E-state index is -4.48. The van der Waals surface area contributed by atoms with Crippen LogP contribution < -0.4 is 10.6 Å². The van der Waals surface area contributed by atoms with Crippen LogP contribution >= 0.6 is 0 Å². The first-order chi connectivity index (χ1) is 12.5. The fourth-order valence-electron chi connectivity index (χ4n) is 2.55. The number of hydrogen-bond donors (Lipinski definition) is 2. The molecule has 0 aliphatic carbocycles. The number of hydrogen-bond acceptors (Lipinski definition) is 5. The third kappa shape index (κ3) is 6.12. The van der Waals surface area contributed by atoms with Crippen LogP contribution in [0.4, 0.5) is 18.9 Å². The Labute approximate surface area is 154 Å². The van der Waals surface area contributed by atoms with Crippen molar-refractivity contribution in [2.24, 2.45) is 0 Å². The molecule has 2 rings (SSSR count). The van der Waals surface area contributed by atoms with Crippen molar-refractivity contribution in [3.8, 4) is 0 Å². The number of nitrogens with one attached hydrogen (secondary N) is 2. The van der Waals surface area contributed by atoms with Gasteiger partial charge < -0.3 is 15.5 Å². The van der Waals surface area contributed by atoms with Gasteiger partial charge in [0.05, 0.1) is 23.6 Å². The van der Waals surface area contributed by atoms with E-state index in [0.717, 1.165) is 12.1 Å². The average Bonchev–Trinajstić information content (AvgIpc) is 2.59. The summed E-state index contributed by atoms with van der Waals surface area (Å²) in [4.78, 5) is 25.5. The zero-order valence-electron chi connectivity index (χ0n) is 14.5. The summed E-state index contributed by atoms with van der Waals surface area (Å²) < 4.78 is 60.8. The zero-order valence-corrected chi connectivity index (χ0v) is 15.4. The Morgan fingerprint density at radius 1 is 1.22 bits per heavy atom. The lowest BCUT2D eigenvalue weighted by Gasteiger charge is -2.29. The number of nitrogens with zero attached hydrogens (tertiary/aromatic N) is 1. The molecule has 1 aromatic carbocycles. The second-order valence-electron chi connectivity index (χ2n) is 6.20. The summed E-state index contributed by atoms with van der Waals surface area (Å²) in [5.41, 5.74) is -0.711. The highest BCUT2D eigenvalue weighted by Gasteiger charge is 2.30. The Balaban J connectivity index is 1.84. The molecule has 0 saturated carbocycles. The summed E-state index contributed by atoms with van der Waals surface area (Å²) in [5.74, 6) is -1.21. The summed E-state index contributed by atoms with van der Waals surface area (Å²) in [5, 5.41) is 5.02. The molecule has 1 heterocycles. The first-order valence-corrected chi connectivity index (χ1v) is 10.00. The van der Waals surface area contributed by atoms with Gasteiger partial charge in [-0.1, -0.05) is 6.07 Å². The van der Waals surface area contributed by atoms with E-state index < -0.39 is 39.4 Å². The van der Waals surface area contributed by atoms with Gasteiger partial charge in [-0.3, -0.25) is 9.59 Å². The number of benzene rings is 1. The molecule has 11 heteroatoms. The molecule has 0 radical (unpaired) electrons. The van der Waals surface area contributed by atoms with Crippen LogP contribution in [0.25, 0.3) is 0 Å². The van der Waals surface area contributed by atoms with Crippen LogP contribution in [0.5, 0.6) is 0 Å².